The van der Waals surface area contributed by atoms with Gasteiger partial charge in [-0.15, -0.1) is 0 Å². The zero-order valence-corrected chi connectivity index (χ0v) is 14.7. The maximum atomic E-state index is 12.8. The minimum absolute atomic E-state index is 0.190. The summed E-state index contributed by atoms with van der Waals surface area (Å²) in [6.07, 6.45) is 1.75. The standard InChI is InChI=1S/C18H18ClNO3S/c19-16-3-1-2-4-18(16)24(21,22)20-9-7-15(12-20)13-5-6-17-14(11-13)8-10-23-17/h1-6,11,15H,7-10,12H2. The average Bonchev–Trinajstić information content (AvgIpc) is 3.24. The molecule has 0 aliphatic carbocycles. The van der Waals surface area contributed by atoms with Gasteiger partial charge in [0.25, 0.3) is 0 Å². The smallest absolute Gasteiger partial charge is 0.244 e. The number of rotatable bonds is 3. The van der Waals surface area contributed by atoms with Crippen LogP contribution in [0.4, 0.5) is 0 Å². The van der Waals surface area contributed by atoms with E-state index in [2.05, 4.69) is 12.1 Å². The second-order valence-electron chi connectivity index (χ2n) is 6.24. The van der Waals surface area contributed by atoms with Gasteiger partial charge in [-0.05, 0) is 41.7 Å². The summed E-state index contributed by atoms with van der Waals surface area (Å²) in [5.74, 6) is 1.17. The lowest BCUT2D eigenvalue weighted by atomic mass is 9.96. The summed E-state index contributed by atoms with van der Waals surface area (Å²) >= 11 is 6.08. The molecular weight excluding hydrogens is 346 g/mol. The third-order valence-corrected chi connectivity index (χ3v) is 7.16. The Labute approximate surface area is 147 Å². The van der Waals surface area contributed by atoms with E-state index < -0.39 is 10.0 Å². The third-order valence-electron chi connectivity index (χ3n) is 4.79. The fraction of sp³-hybridized carbons (Fsp3) is 0.333. The molecule has 24 heavy (non-hydrogen) atoms. The molecule has 0 N–H and O–H groups in total. The van der Waals surface area contributed by atoms with Crippen LogP contribution in [0.25, 0.3) is 0 Å². The lowest BCUT2D eigenvalue weighted by molar-refractivity contribution is 0.357. The molecule has 2 aromatic rings. The molecule has 2 heterocycles. The zero-order valence-electron chi connectivity index (χ0n) is 13.1. The van der Waals surface area contributed by atoms with Crippen molar-refractivity contribution in [1.82, 2.24) is 4.31 Å². The van der Waals surface area contributed by atoms with E-state index in [9.17, 15) is 8.42 Å². The van der Waals surface area contributed by atoms with Crippen LogP contribution in [0.5, 0.6) is 5.75 Å². The number of nitrogens with zero attached hydrogens (tertiary/aromatic N) is 1. The minimum atomic E-state index is -3.55. The molecule has 0 radical (unpaired) electrons. The average molecular weight is 364 g/mol. The third kappa shape index (κ3) is 2.70. The summed E-state index contributed by atoms with van der Waals surface area (Å²) in [6.45, 7) is 1.75. The van der Waals surface area contributed by atoms with Crippen molar-refractivity contribution >= 4 is 21.6 Å². The Balaban J connectivity index is 1.57. The second-order valence-corrected chi connectivity index (χ2v) is 8.56. The molecule has 0 spiro atoms. The summed E-state index contributed by atoms with van der Waals surface area (Å²) in [6, 6.07) is 12.8. The summed E-state index contributed by atoms with van der Waals surface area (Å²) in [5, 5.41) is 0.274. The van der Waals surface area contributed by atoms with Crippen molar-refractivity contribution in [3.05, 3.63) is 58.6 Å². The first-order valence-corrected chi connectivity index (χ1v) is 9.88. The topological polar surface area (TPSA) is 46.6 Å². The van der Waals surface area contributed by atoms with Crippen molar-refractivity contribution in [3.8, 4) is 5.75 Å². The second kappa shape index (κ2) is 6.06. The monoisotopic (exact) mass is 363 g/mol. The number of ether oxygens (including phenoxy) is 1. The molecule has 0 amide bonds. The molecular formula is C18H18ClNO3S. The molecule has 4 nitrogen and oxygen atoms in total. The molecule has 1 atom stereocenters. The summed E-state index contributed by atoms with van der Waals surface area (Å²) in [4.78, 5) is 0.190. The Morgan fingerprint density at radius 2 is 2.00 bits per heavy atom. The van der Waals surface area contributed by atoms with E-state index >= 15 is 0 Å². The molecule has 4 rings (SSSR count). The Morgan fingerprint density at radius 3 is 2.83 bits per heavy atom. The predicted octanol–water partition coefficient (Wildman–Crippen LogP) is 3.45. The predicted molar refractivity (Wildman–Crippen MR) is 93.2 cm³/mol. The van der Waals surface area contributed by atoms with E-state index in [1.807, 2.05) is 6.07 Å². The van der Waals surface area contributed by atoms with Gasteiger partial charge in [0.1, 0.15) is 10.6 Å². The molecule has 0 aromatic heterocycles. The van der Waals surface area contributed by atoms with E-state index in [1.165, 1.54) is 11.1 Å². The molecule has 2 aliphatic rings. The SMILES string of the molecule is O=S(=O)(c1ccccc1Cl)N1CCC(c2ccc3c(c2)CCO3)C1. The van der Waals surface area contributed by atoms with Crippen molar-refractivity contribution in [2.75, 3.05) is 19.7 Å². The first-order valence-electron chi connectivity index (χ1n) is 8.06. The molecule has 1 fully saturated rings. The van der Waals surface area contributed by atoms with Crippen LogP contribution in [0.3, 0.4) is 0 Å². The van der Waals surface area contributed by atoms with Crippen LogP contribution in [0.1, 0.15) is 23.5 Å². The Hall–Kier alpha value is -1.56. The number of halogens is 1. The van der Waals surface area contributed by atoms with Gasteiger partial charge in [-0.2, -0.15) is 4.31 Å². The van der Waals surface area contributed by atoms with Crippen molar-refractivity contribution < 1.29 is 13.2 Å². The van der Waals surface area contributed by atoms with Crippen molar-refractivity contribution in [2.45, 2.75) is 23.7 Å². The van der Waals surface area contributed by atoms with Gasteiger partial charge < -0.3 is 4.74 Å². The molecule has 126 valence electrons. The quantitative estimate of drug-likeness (QED) is 0.839. The lowest BCUT2D eigenvalue weighted by Crippen LogP contribution is -2.28. The molecule has 6 heteroatoms. The Kier molecular flexibility index (Phi) is 4.03. The molecule has 0 bridgehead atoms. The van der Waals surface area contributed by atoms with Gasteiger partial charge in [0.05, 0.1) is 11.6 Å². The van der Waals surface area contributed by atoms with E-state index in [0.29, 0.717) is 13.1 Å². The van der Waals surface area contributed by atoms with Crippen LogP contribution in [0.15, 0.2) is 47.4 Å². The first kappa shape index (κ1) is 15.9. The van der Waals surface area contributed by atoms with Crippen LogP contribution in [-0.4, -0.2) is 32.4 Å². The maximum Gasteiger partial charge on any atom is 0.244 e. The molecule has 1 saturated heterocycles. The van der Waals surface area contributed by atoms with Crippen molar-refractivity contribution in [1.29, 1.82) is 0 Å². The van der Waals surface area contributed by atoms with Crippen molar-refractivity contribution in [3.63, 3.8) is 0 Å². The van der Waals surface area contributed by atoms with Crippen LogP contribution in [0.2, 0.25) is 5.02 Å². The zero-order chi connectivity index (χ0) is 16.7. The highest BCUT2D eigenvalue weighted by atomic mass is 35.5. The number of hydrogen-bond donors (Lipinski definition) is 0. The van der Waals surface area contributed by atoms with E-state index in [0.717, 1.165) is 25.2 Å². The van der Waals surface area contributed by atoms with Crippen LogP contribution >= 0.6 is 11.6 Å². The highest BCUT2D eigenvalue weighted by Gasteiger charge is 2.34. The molecule has 2 aromatic carbocycles. The van der Waals surface area contributed by atoms with Gasteiger partial charge >= 0.3 is 0 Å². The fourth-order valence-electron chi connectivity index (χ4n) is 3.47. The number of fused-ring (bicyclic) bond motifs is 1. The van der Waals surface area contributed by atoms with E-state index in [-0.39, 0.29) is 15.8 Å². The molecule has 0 saturated carbocycles. The van der Waals surface area contributed by atoms with Gasteiger partial charge in [-0.1, -0.05) is 35.9 Å². The fourth-order valence-corrected chi connectivity index (χ4v) is 5.47. The Bertz CT molecular complexity index is 882. The Morgan fingerprint density at radius 1 is 1.17 bits per heavy atom. The number of hydrogen-bond acceptors (Lipinski definition) is 3. The van der Waals surface area contributed by atoms with E-state index in [4.69, 9.17) is 16.3 Å². The number of benzene rings is 2. The lowest BCUT2D eigenvalue weighted by Gasteiger charge is -2.18. The summed E-state index contributed by atoms with van der Waals surface area (Å²) < 4.78 is 32.8. The minimum Gasteiger partial charge on any atom is -0.493 e. The van der Waals surface area contributed by atoms with Gasteiger partial charge in [-0.25, -0.2) is 8.42 Å². The maximum absolute atomic E-state index is 12.8. The highest BCUT2D eigenvalue weighted by Crippen LogP contribution is 2.35. The summed E-state index contributed by atoms with van der Waals surface area (Å²) in [5.41, 5.74) is 2.41. The van der Waals surface area contributed by atoms with Gasteiger partial charge in [-0.3, -0.25) is 0 Å². The highest BCUT2D eigenvalue weighted by molar-refractivity contribution is 7.89. The van der Waals surface area contributed by atoms with Gasteiger partial charge in [0.15, 0.2) is 0 Å². The van der Waals surface area contributed by atoms with Crippen LogP contribution in [-0.2, 0) is 16.4 Å². The molecule has 1 unspecified atom stereocenters. The van der Waals surface area contributed by atoms with Gasteiger partial charge in [0.2, 0.25) is 10.0 Å². The van der Waals surface area contributed by atoms with Crippen molar-refractivity contribution in [2.24, 2.45) is 0 Å². The van der Waals surface area contributed by atoms with Gasteiger partial charge in [0, 0.05) is 19.5 Å². The van der Waals surface area contributed by atoms with Crippen LogP contribution in [0, 0.1) is 0 Å². The normalized spacial score (nSPS) is 20.8. The molecule has 2 aliphatic heterocycles. The largest absolute Gasteiger partial charge is 0.493 e. The van der Waals surface area contributed by atoms with Crippen LogP contribution < -0.4 is 4.74 Å². The summed E-state index contributed by atoms with van der Waals surface area (Å²) in [7, 11) is -3.55. The van der Waals surface area contributed by atoms with E-state index in [1.54, 1.807) is 28.6 Å². The number of sulfonamides is 1. The first-order chi connectivity index (χ1) is 11.6.